The van der Waals surface area contributed by atoms with E-state index in [4.69, 9.17) is 0 Å². The number of aliphatic carboxylic acids is 1. The van der Waals surface area contributed by atoms with Crippen molar-refractivity contribution in [3.8, 4) is 0 Å². The van der Waals surface area contributed by atoms with Crippen LogP contribution in [0.1, 0.15) is 19.3 Å². The predicted octanol–water partition coefficient (Wildman–Crippen LogP) is 2.22. The number of amides is 1. The molecule has 2 saturated carbocycles. The molecule has 3 fully saturated rings. The van der Waals surface area contributed by atoms with Gasteiger partial charge in [0.25, 0.3) is 0 Å². The zero-order valence-corrected chi connectivity index (χ0v) is 14.1. The van der Waals surface area contributed by atoms with E-state index in [1.807, 2.05) is 4.90 Å². The van der Waals surface area contributed by atoms with Gasteiger partial charge in [-0.25, -0.2) is 4.39 Å². The summed E-state index contributed by atoms with van der Waals surface area (Å²) in [6, 6.07) is 6.39. The quantitative estimate of drug-likeness (QED) is 0.912. The Bertz CT molecular complexity index is 670. The van der Waals surface area contributed by atoms with Crippen molar-refractivity contribution < 1.29 is 19.1 Å². The molecule has 25 heavy (non-hydrogen) atoms. The molecule has 0 spiro atoms. The SMILES string of the molecule is O=C(O)[C@@H]1[C@@H]2CC[C@@H](C2)[C@@H]1C(=O)N1CCN(c2ccc(F)cc2)CC1. The van der Waals surface area contributed by atoms with E-state index in [0.717, 1.165) is 24.9 Å². The number of benzene rings is 1. The van der Waals surface area contributed by atoms with Gasteiger partial charge in [0, 0.05) is 31.9 Å². The van der Waals surface area contributed by atoms with Crippen LogP contribution in [0, 0.1) is 29.5 Å². The van der Waals surface area contributed by atoms with Crippen molar-refractivity contribution >= 4 is 17.6 Å². The average molecular weight is 346 g/mol. The Morgan fingerprint density at radius 3 is 2.16 bits per heavy atom. The Morgan fingerprint density at radius 2 is 1.56 bits per heavy atom. The molecule has 6 heteroatoms. The average Bonchev–Trinajstić information content (AvgIpc) is 3.23. The van der Waals surface area contributed by atoms with Crippen LogP contribution in [0.2, 0.25) is 0 Å². The molecule has 0 aromatic heterocycles. The van der Waals surface area contributed by atoms with Crippen LogP contribution < -0.4 is 4.90 Å². The number of halogens is 1. The number of carbonyl (C=O) groups is 2. The minimum atomic E-state index is -0.810. The molecule has 1 N–H and O–H groups in total. The molecule has 1 saturated heterocycles. The van der Waals surface area contributed by atoms with Gasteiger partial charge in [0.2, 0.25) is 5.91 Å². The summed E-state index contributed by atoms with van der Waals surface area (Å²) in [4.78, 5) is 28.6. The number of rotatable bonds is 3. The first-order valence-electron chi connectivity index (χ1n) is 9.06. The van der Waals surface area contributed by atoms with Crippen molar-refractivity contribution in [2.24, 2.45) is 23.7 Å². The summed E-state index contributed by atoms with van der Waals surface area (Å²) in [7, 11) is 0. The van der Waals surface area contributed by atoms with Crippen LogP contribution in [0.25, 0.3) is 0 Å². The van der Waals surface area contributed by atoms with E-state index < -0.39 is 11.9 Å². The van der Waals surface area contributed by atoms with Gasteiger partial charge >= 0.3 is 5.97 Å². The highest BCUT2D eigenvalue weighted by Crippen LogP contribution is 2.53. The van der Waals surface area contributed by atoms with Crippen LogP contribution in [0.5, 0.6) is 0 Å². The molecule has 1 aromatic carbocycles. The molecular weight excluding hydrogens is 323 g/mol. The van der Waals surface area contributed by atoms with Crippen LogP contribution in [0.15, 0.2) is 24.3 Å². The van der Waals surface area contributed by atoms with Crippen molar-refractivity contribution in [3.63, 3.8) is 0 Å². The lowest BCUT2D eigenvalue weighted by molar-refractivity contribution is -0.153. The standard InChI is InChI=1S/C19H23FN2O3/c20-14-3-5-15(6-4-14)21-7-9-22(10-8-21)18(23)16-12-1-2-13(11-12)17(16)19(24)25/h3-6,12-13,16-17H,1-2,7-11H2,(H,24,25)/t12-,13+,16-,17+/m0/s1. The lowest BCUT2D eigenvalue weighted by Gasteiger charge is -2.39. The van der Waals surface area contributed by atoms with Gasteiger partial charge in [-0.05, 0) is 55.4 Å². The van der Waals surface area contributed by atoms with Crippen molar-refractivity contribution in [2.45, 2.75) is 19.3 Å². The third-order valence-corrected chi connectivity index (χ3v) is 6.27. The molecule has 5 nitrogen and oxygen atoms in total. The number of carboxylic acids is 1. The highest BCUT2D eigenvalue weighted by molar-refractivity contribution is 5.86. The van der Waals surface area contributed by atoms with Gasteiger partial charge in [-0.1, -0.05) is 0 Å². The second-order valence-electron chi connectivity index (χ2n) is 7.51. The molecule has 2 bridgehead atoms. The largest absolute Gasteiger partial charge is 0.481 e. The van der Waals surface area contributed by atoms with Gasteiger partial charge in [0.1, 0.15) is 5.82 Å². The van der Waals surface area contributed by atoms with Gasteiger partial charge in [0.05, 0.1) is 11.8 Å². The number of carbonyl (C=O) groups excluding carboxylic acids is 1. The first kappa shape index (κ1) is 16.4. The number of piperazine rings is 1. The normalized spacial score (nSPS) is 31.4. The van der Waals surface area contributed by atoms with Crippen LogP contribution in [-0.4, -0.2) is 48.1 Å². The Kier molecular flexibility index (Phi) is 4.13. The fourth-order valence-electron chi connectivity index (χ4n) is 5.05. The Hall–Kier alpha value is -2.11. The molecule has 1 aliphatic heterocycles. The highest BCUT2D eigenvalue weighted by Gasteiger charge is 2.54. The third kappa shape index (κ3) is 2.87. The maximum absolute atomic E-state index is 13.1. The number of hydrogen-bond acceptors (Lipinski definition) is 3. The summed E-state index contributed by atoms with van der Waals surface area (Å²) < 4.78 is 13.1. The molecule has 1 aromatic rings. The van der Waals surface area contributed by atoms with Gasteiger partial charge in [-0.2, -0.15) is 0 Å². The molecule has 0 unspecified atom stereocenters. The Labute approximate surface area is 146 Å². The zero-order chi connectivity index (χ0) is 17.6. The minimum absolute atomic E-state index is 0.0263. The van der Waals surface area contributed by atoms with Crippen molar-refractivity contribution in [2.75, 3.05) is 31.1 Å². The molecular formula is C19H23FN2O3. The van der Waals surface area contributed by atoms with Crippen molar-refractivity contribution in [1.82, 2.24) is 4.90 Å². The predicted molar refractivity (Wildman–Crippen MR) is 90.6 cm³/mol. The second kappa shape index (κ2) is 6.32. The van der Waals surface area contributed by atoms with Gasteiger partial charge < -0.3 is 14.9 Å². The smallest absolute Gasteiger partial charge is 0.307 e. The van der Waals surface area contributed by atoms with Crippen molar-refractivity contribution in [3.05, 3.63) is 30.1 Å². The number of fused-ring (bicyclic) bond motifs is 2. The molecule has 0 radical (unpaired) electrons. The van der Waals surface area contributed by atoms with Crippen LogP contribution in [0.3, 0.4) is 0 Å². The minimum Gasteiger partial charge on any atom is -0.481 e. The maximum atomic E-state index is 13.1. The summed E-state index contributed by atoms with van der Waals surface area (Å²) >= 11 is 0. The highest BCUT2D eigenvalue weighted by atomic mass is 19.1. The fraction of sp³-hybridized carbons (Fsp3) is 0.579. The first-order valence-corrected chi connectivity index (χ1v) is 9.06. The van der Waals surface area contributed by atoms with Gasteiger partial charge in [-0.3, -0.25) is 9.59 Å². The molecule has 3 aliphatic rings. The number of anilines is 1. The monoisotopic (exact) mass is 346 g/mol. The van der Waals surface area contributed by atoms with E-state index >= 15 is 0 Å². The van der Waals surface area contributed by atoms with E-state index in [-0.39, 0.29) is 29.5 Å². The summed E-state index contributed by atoms with van der Waals surface area (Å²) in [6.45, 7) is 2.57. The van der Waals surface area contributed by atoms with Gasteiger partial charge in [-0.15, -0.1) is 0 Å². The zero-order valence-electron chi connectivity index (χ0n) is 14.1. The first-order chi connectivity index (χ1) is 12.0. The van der Waals surface area contributed by atoms with E-state index in [9.17, 15) is 19.1 Å². The lowest BCUT2D eigenvalue weighted by atomic mass is 9.78. The molecule has 4 rings (SSSR count). The lowest BCUT2D eigenvalue weighted by Crippen LogP contribution is -2.52. The Balaban J connectivity index is 1.41. The van der Waals surface area contributed by atoms with Crippen LogP contribution in [0.4, 0.5) is 10.1 Å². The van der Waals surface area contributed by atoms with Crippen LogP contribution in [-0.2, 0) is 9.59 Å². The topological polar surface area (TPSA) is 60.9 Å². The summed E-state index contributed by atoms with van der Waals surface area (Å²) in [5.74, 6) is -1.46. The van der Waals surface area contributed by atoms with E-state index in [1.165, 1.54) is 12.1 Å². The molecule has 4 atom stereocenters. The van der Waals surface area contributed by atoms with Crippen LogP contribution >= 0.6 is 0 Å². The number of hydrogen-bond donors (Lipinski definition) is 1. The summed E-state index contributed by atoms with van der Waals surface area (Å²) in [5, 5.41) is 9.56. The summed E-state index contributed by atoms with van der Waals surface area (Å²) in [5.41, 5.74) is 0.955. The number of carboxylic acid groups (broad SMARTS) is 1. The van der Waals surface area contributed by atoms with Gasteiger partial charge in [0.15, 0.2) is 0 Å². The van der Waals surface area contributed by atoms with Crippen molar-refractivity contribution in [1.29, 1.82) is 0 Å². The van der Waals surface area contributed by atoms with E-state index in [0.29, 0.717) is 26.2 Å². The molecule has 134 valence electrons. The van der Waals surface area contributed by atoms with E-state index in [1.54, 1.807) is 12.1 Å². The second-order valence-corrected chi connectivity index (χ2v) is 7.51. The molecule has 1 amide bonds. The Morgan fingerprint density at radius 1 is 0.960 bits per heavy atom. The molecule has 2 aliphatic carbocycles. The van der Waals surface area contributed by atoms with E-state index in [2.05, 4.69) is 4.90 Å². The summed E-state index contributed by atoms with van der Waals surface area (Å²) in [6.07, 6.45) is 2.83. The molecule has 1 heterocycles. The fourth-order valence-corrected chi connectivity index (χ4v) is 5.05. The maximum Gasteiger partial charge on any atom is 0.307 e. The number of nitrogens with zero attached hydrogens (tertiary/aromatic N) is 2. The third-order valence-electron chi connectivity index (χ3n) is 6.27.